The molecule has 2 bridgehead atoms. The summed E-state index contributed by atoms with van der Waals surface area (Å²) in [5.74, 6) is 4.27. The van der Waals surface area contributed by atoms with Crippen LogP contribution < -0.4 is 0 Å². The first-order chi connectivity index (χ1) is 8.72. The number of fused-ring (bicyclic) bond motifs is 3. The first kappa shape index (κ1) is 10.7. The second-order valence-corrected chi connectivity index (χ2v) is 6.05. The Morgan fingerprint density at radius 1 is 1.28 bits per heavy atom. The first-order valence-corrected chi connectivity index (χ1v) is 6.98. The minimum absolute atomic E-state index is 0.492. The molecule has 2 heterocycles. The van der Waals surface area contributed by atoms with Gasteiger partial charge in [-0.1, -0.05) is 18.0 Å². The highest BCUT2D eigenvalue weighted by atomic mass is 35.5. The summed E-state index contributed by atoms with van der Waals surface area (Å²) in [6, 6.07) is 1.79. The van der Waals surface area contributed by atoms with Gasteiger partial charge in [0.25, 0.3) is 0 Å². The minimum Gasteiger partial charge on any atom is -0.266 e. The molecule has 5 heteroatoms. The van der Waals surface area contributed by atoms with Gasteiger partial charge in [-0.2, -0.15) is 0 Å². The standard InChI is InChI=1S/C13H15ClN4/c1-7-15-11(14)6-12-16-17-13(18(7)12)10-5-8-2-3-9(10)4-8/h6,8-10H,2-5H2,1H3. The molecule has 2 fully saturated rings. The molecular formula is C13H15ClN4. The van der Waals surface area contributed by atoms with Crippen LogP contribution in [0.15, 0.2) is 6.07 Å². The summed E-state index contributed by atoms with van der Waals surface area (Å²) >= 11 is 5.96. The fourth-order valence-electron chi connectivity index (χ4n) is 3.88. The highest BCUT2D eigenvalue weighted by Crippen LogP contribution is 2.52. The van der Waals surface area contributed by atoms with Crippen molar-refractivity contribution in [3.63, 3.8) is 0 Å². The predicted octanol–water partition coefficient (Wildman–Crippen LogP) is 2.99. The molecule has 2 aliphatic carbocycles. The molecule has 0 aromatic carbocycles. The van der Waals surface area contributed by atoms with E-state index in [2.05, 4.69) is 19.6 Å². The average molecular weight is 263 g/mol. The van der Waals surface area contributed by atoms with E-state index >= 15 is 0 Å². The van der Waals surface area contributed by atoms with E-state index in [-0.39, 0.29) is 0 Å². The van der Waals surface area contributed by atoms with Gasteiger partial charge in [0.05, 0.1) is 0 Å². The van der Waals surface area contributed by atoms with Gasteiger partial charge in [0.1, 0.15) is 16.8 Å². The monoisotopic (exact) mass is 262 g/mol. The summed E-state index contributed by atoms with van der Waals surface area (Å²) in [6.45, 7) is 1.97. The first-order valence-electron chi connectivity index (χ1n) is 6.60. The van der Waals surface area contributed by atoms with Crippen molar-refractivity contribution in [3.05, 3.63) is 22.9 Å². The minimum atomic E-state index is 0.492. The van der Waals surface area contributed by atoms with E-state index in [4.69, 9.17) is 11.6 Å². The van der Waals surface area contributed by atoms with Crippen molar-refractivity contribution in [2.45, 2.75) is 38.5 Å². The van der Waals surface area contributed by atoms with Gasteiger partial charge in [0.2, 0.25) is 0 Å². The lowest BCUT2D eigenvalue weighted by Crippen LogP contribution is -2.13. The van der Waals surface area contributed by atoms with E-state index in [1.54, 1.807) is 6.07 Å². The Balaban J connectivity index is 1.86. The summed E-state index contributed by atoms with van der Waals surface area (Å²) in [7, 11) is 0. The number of rotatable bonds is 1. The Bertz CT molecular complexity index is 621. The van der Waals surface area contributed by atoms with E-state index in [1.165, 1.54) is 25.7 Å². The number of halogens is 1. The Morgan fingerprint density at radius 2 is 2.17 bits per heavy atom. The van der Waals surface area contributed by atoms with Gasteiger partial charge in [0.15, 0.2) is 5.65 Å². The SMILES string of the molecule is Cc1nc(Cl)cc2nnc(C3CC4CCC3C4)n12. The molecule has 0 aliphatic heterocycles. The van der Waals surface area contributed by atoms with Crippen LogP contribution in [0.2, 0.25) is 5.15 Å². The Morgan fingerprint density at radius 3 is 2.89 bits per heavy atom. The molecule has 2 saturated carbocycles. The van der Waals surface area contributed by atoms with Gasteiger partial charge in [-0.05, 0) is 38.0 Å². The van der Waals surface area contributed by atoms with Gasteiger partial charge >= 0.3 is 0 Å². The second kappa shape index (κ2) is 3.67. The summed E-state index contributed by atoms with van der Waals surface area (Å²) < 4.78 is 2.08. The molecule has 0 spiro atoms. The molecule has 4 nitrogen and oxygen atoms in total. The van der Waals surface area contributed by atoms with E-state index < -0.39 is 0 Å². The fraction of sp³-hybridized carbons (Fsp3) is 0.615. The molecule has 4 rings (SSSR count). The summed E-state index contributed by atoms with van der Waals surface area (Å²) in [5, 5.41) is 9.16. The maximum atomic E-state index is 5.96. The fourth-order valence-corrected chi connectivity index (χ4v) is 4.10. The highest BCUT2D eigenvalue weighted by Gasteiger charge is 2.42. The van der Waals surface area contributed by atoms with Crippen LogP contribution in [0.4, 0.5) is 0 Å². The third kappa shape index (κ3) is 1.41. The number of hydrogen-bond donors (Lipinski definition) is 0. The number of aryl methyl sites for hydroxylation is 1. The molecule has 3 unspecified atom stereocenters. The Labute approximate surface area is 110 Å². The van der Waals surface area contributed by atoms with Gasteiger partial charge in [-0.15, -0.1) is 10.2 Å². The lowest BCUT2D eigenvalue weighted by atomic mass is 9.88. The van der Waals surface area contributed by atoms with E-state index in [0.717, 1.165) is 29.1 Å². The van der Waals surface area contributed by atoms with Crippen molar-refractivity contribution in [2.75, 3.05) is 0 Å². The van der Waals surface area contributed by atoms with Crippen LogP contribution in [0.5, 0.6) is 0 Å². The largest absolute Gasteiger partial charge is 0.266 e. The zero-order valence-corrected chi connectivity index (χ0v) is 11.1. The van der Waals surface area contributed by atoms with Crippen molar-refractivity contribution in [1.82, 2.24) is 19.6 Å². The number of aromatic nitrogens is 4. The maximum absolute atomic E-state index is 5.96. The van der Waals surface area contributed by atoms with Gasteiger partial charge in [-0.3, -0.25) is 4.40 Å². The normalized spacial score (nSPS) is 30.4. The molecule has 0 amide bonds. The van der Waals surface area contributed by atoms with Gasteiger partial charge < -0.3 is 0 Å². The van der Waals surface area contributed by atoms with Crippen LogP contribution in [-0.2, 0) is 0 Å². The highest BCUT2D eigenvalue weighted by molar-refractivity contribution is 6.29. The molecule has 2 aromatic rings. The molecule has 18 heavy (non-hydrogen) atoms. The van der Waals surface area contributed by atoms with Crippen LogP contribution in [0.25, 0.3) is 5.65 Å². The Hall–Kier alpha value is -1.16. The quantitative estimate of drug-likeness (QED) is 0.742. The molecule has 0 radical (unpaired) electrons. The van der Waals surface area contributed by atoms with Crippen LogP contribution in [0.1, 0.15) is 43.3 Å². The smallest absolute Gasteiger partial charge is 0.165 e. The molecule has 94 valence electrons. The summed E-state index contributed by atoms with van der Waals surface area (Å²) in [6.07, 6.45) is 5.40. The van der Waals surface area contributed by atoms with Gasteiger partial charge in [-0.25, -0.2) is 4.98 Å². The van der Waals surface area contributed by atoms with Crippen LogP contribution in [0.3, 0.4) is 0 Å². The van der Waals surface area contributed by atoms with Crippen molar-refractivity contribution in [3.8, 4) is 0 Å². The second-order valence-electron chi connectivity index (χ2n) is 5.66. The third-order valence-corrected chi connectivity index (χ3v) is 4.82. The topological polar surface area (TPSA) is 43.1 Å². The average Bonchev–Trinajstić information content (AvgIpc) is 3.00. The molecule has 0 N–H and O–H groups in total. The molecule has 2 aromatic heterocycles. The van der Waals surface area contributed by atoms with E-state index in [1.807, 2.05) is 6.92 Å². The van der Waals surface area contributed by atoms with Crippen LogP contribution in [-0.4, -0.2) is 19.6 Å². The van der Waals surface area contributed by atoms with Crippen molar-refractivity contribution < 1.29 is 0 Å². The van der Waals surface area contributed by atoms with Crippen molar-refractivity contribution in [2.24, 2.45) is 11.8 Å². The van der Waals surface area contributed by atoms with Crippen LogP contribution >= 0.6 is 11.6 Å². The third-order valence-electron chi connectivity index (χ3n) is 4.62. The zero-order valence-electron chi connectivity index (χ0n) is 10.3. The van der Waals surface area contributed by atoms with Crippen LogP contribution in [0, 0.1) is 18.8 Å². The number of nitrogens with zero attached hydrogens (tertiary/aromatic N) is 4. The molecule has 3 atom stereocenters. The van der Waals surface area contributed by atoms with E-state index in [0.29, 0.717) is 11.1 Å². The van der Waals surface area contributed by atoms with Crippen molar-refractivity contribution in [1.29, 1.82) is 0 Å². The zero-order chi connectivity index (χ0) is 12.3. The molecular weight excluding hydrogens is 248 g/mol. The van der Waals surface area contributed by atoms with Crippen molar-refractivity contribution >= 4 is 17.2 Å². The molecule has 0 saturated heterocycles. The predicted molar refractivity (Wildman–Crippen MR) is 68.7 cm³/mol. The van der Waals surface area contributed by atoms with Gasteiger partial charge in [0, 0.05) is 12.0 Å². The summed E-state index contributed by atoms with van der Waals surface area (Å²) in [4.78, 5) is 4.32. The number of hydrogen-bond acceptors (Lipinski definition) is 3. The lowest BCUT2D eigenvalue weighted by Gasteiger charge is -2.20. The summed E-state index contributed by atoms with van der Waals surface area (Å²) in [5.41, 5.74) is 0.824. The Kier molecular flexibility index (Phi) is 2.19. The molecule has 2 aliphatic rings. The maximum Gasteiger partial charge on any atom is 0.165 e. The van der Waals surface area contributed by atoms with E-state index in [9.17, 15) is 0 Å². The lowest BCUT2D eigenvalue weighted by molar-refractivity contribution is 0.402.